The summed E-state index contributed by atoms with van der Waals surface area (Å²) in [6.45, 7) is 0.0312. The van der Waals surface area contributed by atoms with Crippen LogP contribution >= 0.6 is 0 Å². The Morgan fingerprint density at radius 3 is 2.68 bits per heavy atom. The van der Waals surface area contributed by atoms with Gasteiger partial charge in [0.1, 0.15) is 24.6 Å². The molecule has 28 heavy (non-hydrogen) atoms. The predicted molar refractivity (Wildman–Crippen MR) is 98.1 cm³/mol. The SMILES string of the molecule is OC[C@H]1OC(n2cnc3c(NOCCc4ccccc4)ncnc32)[C@H](O)[C@@H]1O. The average Bonchev–Trinajstić information content (AvgIpc) is 3.28. The van der Waals surface area contributed by atoms with Gasteiger partial charge in [-0.3, -0.25) is 9.40 Å². The summed E-state index contributed by atoms with van der Waals surface area (Å²) in [5, 5.41) is 29.4. The second-order valence-electron chi connectivity index (χ2n) is 6.46. The fraction of sp³-hybridized carbons (Fsp3) is 0.389. The number of aliphatic hydroxyl groups excluding tert-OH is 3. The normalized spacial score (nSPS) is 24.7. The second-order valence-corrected chi connectivity index (χ2v) is 6.46. The molecule has 2 aromatic heterocycles. The Kier molecular flexibility index (Phi) is 5.46. The third-order valence-electron chi connectivity index (χ3n) is 4.65. The van der Waals surface area contributed by atoms with Crippen LogP contribution in [0.25, 0.3) is 11.2 Å². The first kappa shape index (κ1) is 18.7. The van der Waals surface area contributed by atoms with Crippen molar-refractivity contribution in [2.45, 2.75) is 31.0 Å². The van der Waals surface area contributed by atoms with Crippen molar-refractivity contribution >= 4 is 17.0 Å². The minimum absolute atomic E-state index is 0.378. The third-order valence-corrected chi connectivity index (χ3v) is 4.65. The summed E-state index contributed by atoms with van der Waals surface area (Å²) in [5.41, 5.74) is 4.77. The number of anilines is 1. The minimum Gasteiger partial charge on any atom is -0.394 e. The molecule has 1 aliphatic rings. The molecule has 3 aromatic rings. The van der Waals surface area contributed by atoms with Gasteiger partial charge in [-0.1, -0.05) is 30.3 Å². The molecule has 1 saturated heterocycles. The number of nitrogens with zero attached hydrogens (tertiary/aromatic N) is 4. The molecule has 0 amide bonds. The molecule has 1 aromatic carbocycles. The molecule has 0 spiro atoms. The van der Waals surface area contributed by atoms with Crippen molar-refractivity contribution in [1.82, 2.24) is 19.5 Å². The van der Waals surface area contributed by atoms with Crippen LogP contribution in [-0.2, 0) is 16.0 Å². The van der Waals surface area contributed by atoms with Crippen molar-refractivity contribution in [3.05, 3.63) is 48.5 Å². The van der Waals surface area contributed by atoms with Crippen LogP contribution < -0.4 is 5.48 Å². The lowest BCUT2D eigenvalue weighted by molar-refractivity contribution is -0.0511. The number of imidazole rings is 1. The van der Waals surface area contributed by atoms with Gasteiger partial charge in [0, 0.05) is 0 Å². The van der Waals surface area contributed by atoms with Crippen molar-refractivity contribution in [2.24, 2.45) is 0 Å². The van der Waals surface area contributed by atoms with Gasteiger partial charge in [-0.2, -0.15) is 0 Å². The maximum Gasteiger partial charge on any atom is 0.181 e. The number of hydrogen-bond acceptors (Lipinski definition) is 9. The van der Waals surface area contributed by atoms with Crippen LogP contribution in [0.15, 0.2) is 43.0 Å². The average molecular weight is 387 g/mol. The fourth-order valence-electron chi connectivity index (χ4n) is 3.16. The Morgan fingerprint density at radius 1 is 1.11 bits per heavy atom. The van der Waals surface area contributed by atoms with Crippen molar-refractivity contribution < 1.29 is 24.9 Å². The molecular weight excluding hydrogens is 366 g/mol. The summed E-state index contributed by atoms with van der Waals surface area (Å²) >= 11 is 0. The topological polar surface area (TPSA) is 135 Å². The monoisotopic (exact) mass is 387 g/mol. The standard InChI is InChI=1S/C18H21N5O5/c24-8-12-14(25)15(26)18(28-12)23-10-21-13-16(19-9-20-17(13)23)22-27-7-6-11-4-2-1-3-5-11/h1-5,9-10,12,14-15,18,24-26H,6-8H2,(H,19,20,22)/t12-,14-,15-,18?/m1/s1. The lowest BCUT2D eigenvalue weighted by Gasteiger charge is -2.16. The maximum atomic E-state index is 10.2. The molecule has 0 bridgehead atoms. The largest absolute Gasteiger partial charge is 0.394 e. The zero-order valence-corrected chi connectivity index (χ0v) is 14.9. The number of nitrogens with one attached hydrogen (secondary N) is 1. The molecule has 1 aliphatic heterocycles. The van der Waals surface area contributed by atoms with Crippen LogP contribution in [0.1, 0.15) is 11.8 Å². The predicted octanol–water partition coefficient (Wildman–Crippen LogP) is 0.0240. The smallest absolute Gasteiger partial charge is 0.181 e. The van der Waals surface area contributed by atoms with Crippen molar-refractivity contribution in [3.63, 3.8) is 0 Å². The van der Waals surface area contributed by atoms with Gasteiger partial charge in [0.15, 0.2) is 23.2 Å². The van der Waals surface area contributed by atoms with Gasteiger partial charge in [0.25, 0.3) is 0 Å². The Bertz CT molecular complexity index is 921. The number of ether oxygens (including phenoxy) is 1. The highest BCUT2D eigenvalue weighted by Crippen LogP contribution is 2.32. The summed E-state index contributed by atoms with van der Waals surface area (Å²) < 4.78 is 7.03. The van der Waals surface area contributed by atoms with E-state index in [4.69, 9.17) is 9.57 Å². The number of aromatic nitrogens is 4. The Labute approximate surface area is 160 Å². The quantitative estimate of drug-likeness (QED) is 0.327. The summed E-state index contributed by atoms with van der Waals surface area (Å²) in [5.74, 6) is 0.378. The molecular formula is C18H21N5O5. The summed E-state index contributed by atoms with van der Waals surface area (Å²) in [4.78, 5) is 18.1. The second kappa shape index (κ2) is 8.17. The zero-order chi connectivity index (χ0) is 19.5. The van der Waals surface area contributed by atoms with E-state index in [1.165, 1.54) is 17.2 Å². The fourth-order valence-corrected chi connectivity index (χ4v) is 3.16. The van der Waals surface area contributed by atoms with E-state index in [2.05, 4.69) is 20.4 Å². The van der Waals surface area contributed by atoms with Crippen LogP contribution in [0, 0.1) is 0 Å². The number of benzene rings is 1. The van der Waals surface area contributed by atoms with Crippen molar-refractivity contribution in [2.75, 3.05) is 18.7 Å². The molecule has 4 rings (SSSR count). The van der Waals surface area contributed by atoms with E-state index in [0.29, 0.717) is 23.6 Å². The Balaban J connectivity index is 1.46. The molecule has 0 aliphatic carbocycles. The first-order valence-corrected chi connectivity index (χ1v) is 8.90. The van der Waals surface area contributed by atoms with Crippen LogP contribution in [0.4, 0.5) is 5.82 Å². The van der Waals surface area contributed by atoms with Gasteiger partial charge < -0.3 is 20.1 Å². The zero-order valence-electron chi connectivity index (χ0n) is 14.9. The first-order chi connectivity index (χ1) is 13.7. The van der Waals surface area contributed by atoms with Crippen molar-refractivity contribution in [3.8, 4) is 0 Å². The van der Waals surface area contributed by atoms with E-state index in [1.54, 1.807) is 0 Å². The third kappa shape index (κ3) is 3.55. The van der Waals surface area contributed by atoms with Crippen LogP contribution in [0.5, 0.6) is 0 Å². The summed E-state index contributed by atoms with van der Waals surface area (Å²) in [6.07, 6.45) is -0.702. The Hall–Kier alpha value is -2.63. The summed E-state index contributed by atoms with van der Waals surface area (Å²) in [6, 6.07) is 9.95. The lowest BCUT2D eigenvalue weighted by atomic mass is 10.1. The maximum absolute atomic E-state index is 10.2. The van der Waals surface area contributed by atoms with Gasteiger partial charge in [0.2, 0.25) is 0 Å². The van der Waals surface area contributed by atoms with E-state index in [0.717, 1.165) is 12.0 Å². The molecule has 3 heterocycles. The highest BCUT2D eigenvalue weighted by molar-refractivity contribution is 5.82. The highest BCUT2D eigenvalue weighted by atomic mass is 16.6. The van der Waals surface area contributed by atoms with Gasteiger partial charge in [-0.25, -0.2) is 20.4 Å². The molecule has 4 N–H and O–H groups in total. The molecule has 10 heteroatoms. The van der Waals surface area contributed by atoms with Gasteiger partial charge in [0.05, 0.1) is 19.5 Å². The number of fused-ring (bicyclic) bond motifs is 1. The number of hydrogen-bond donors (Lipinski definition) is 4. The minimum atomic E-state index is -1.22. The molecule has 0 radical (unpaired) electrons. The molecule has 1 unspecified atom stereocenters. The van der Waals surface area contributed by atoms with E-state index >= 15 is 0 Å². The van der Waals surface area contributed by atoms with Crippen molar-refractivity contribution in [1.29, 1.82) is 0 Å². The lowest BCUT2D eigenvalue weighted by Crippen LogP contribution is -2.33. The van der Waals surface area contributed by atoms with Crippen LogP contribution in [-0.4, -0.2) is 66.4 Å². The molecule has 10 nitrogen and oxygen atoms in total. The van der Waals surface area contributed by atoms with Gasteiger partial charge in [-0.05, 0) is 12.0 Å². The molecule has 148 valence electrons. The molecule has 1 fully saturated rings. The molecule has 4 atom stereocenters. The Morgan fingerprint density at radius 2 is 1.93 bits per heavy atom. The number of rotatable bonds is 7. The summed E-state index contributed by atoms with van der Waals surface area (Å²) in [7, 11) is 0. The van der Waals surface area contributed by atoms with Crippen LogP contribution in [0.3, 0.4) is 0 Å². The van der Waals surface area contributed by atoms with E-state index < -0.39 is 31.1 Å². The molecule has 0 saturated carbocycles. The van der Waals surface area contributed by atoms with E-state index in [-0.39, 0.29) is 0 Å². The van der Waals surface area contributed by atoms with Crippen LogP contribution in [0.2, 0.25) is 0 Å². The van der Waals surface area contributed by atoms with Gasteiger partial charge in [-0.15, -0.1) is 0 Å². The highest BCUT2D eigenvalue weighted by Gasteiger charge is 2.44. The first-order valence-electron chi connectivity index (χ1n) is 8.90. The van der Waals surface area contributed by atoms with E-state index in [9.17, 15) is 15.3 Å². The van der Waals surface area contributed by atoms with E-state index in [1.807, 2.05) is 30.3 Å². The van der Waals surface area contributed by atoms with Gasteiger partial charge >= 0.3 is 0 Å². The number of aliphatic hydroxyl groups is 3.